The fraction of sp³-hybridized carbons (Fsp3) is 0.833. The number of β-amino-alcohol motifs (C(OH)–C–C–N with tert-alkyl or cyclic N) is 1. The van der Waals surface area contributed by atoms with Crippen molar-refractivity contribution in [3.05, 3.63) is 0 Å². The first-order valence-electron chi connectivity index (χ1n) is 3.23. The van der Waals surface area contributed by atoms with E-state index in [1.807, 2.05) is 7.05 Å². The van der Waals surface area contributed by atoms with Crippen molar-refractivity contribution in [3.8, 4) is 0 Å². The van der Waals surface area contributed by atoms with Crippen molar-refractivity contribution in [1.82, 2.24) is 9.80 Å². The number of piperazine rings is 1. The van der Waals surface area contributed by atoms with E-state index in [4.69, 9.17) is 0 Å². The monoisotopic (exact) mass is 144 g/mol. The van der Waals surface area contributed by atoms with Gasteiger partial charge in [-0.05, 0) is 7.05 Å². The van der Waals surface area contributed by atoms with Gasteiger partial charge in [0.15, 0.2) is 0 Å². The molecule has 0 saturated carbocycles. The number of hydrogen-bond acceptors (Lipinski definition) is 3. The summed E-state index contributed by atoms with van der Waals surface area (Å²) in [5.74, 6) is -0.0266. The quantitative estimate of drug-likeness (QED) is 0.460. The highest BCUT2D eigenvalue weighted by molar-refractivity contribution is 5.78. The van der Waals surface area contributed by atoms with E-state index in [-0.39, 0.29) is 5.91 Å². The molecule has 1 fully saturated rings. The molecular weight excluding hydrogens is 132 g/mol. The first kappa shape index (κ1) is 7.50. The molecule has 0 aliphatic carbocycles. The van der Waals surface area contributed by atoms with Crippen LogP contribution in [0, 0.1) is 0 Å². The van der Waals surface area contributed by atoms with Crippen molar-refractivity contribution in [3.63, 3.8) is 0 Å². The summed E-state index contributed by atoms with van der Waals surface area (Å²) in [6.45, 7) is 0.954. The van der Waals surface area contributed by atoms with Crippen molar-refractivity contribution in [2.24, 2.45) is 0 Å². The van der Waals surface area contributed by atoms with Crippen LogP contribution in [-0.4, -0.2) is 54.2 Å². The number of hydrogen-bond donors (Lipinski definition) is 1. The Morgan fingerprint density at radius 2 is 2.20 bits per heavy atom. The molecule has 1 heterocycles. The molecule has 1 rings (SSSR count). The molecule has 1 aliphatic rings. The Balaban J connectivity index is 2.57. The molecular formula is C6H12N2O2. The average Bonchev–Trinajstić information content (AvgIpc) is 1.82. The van der Waals surface area contributed by atoms with E-state index in [9.17, 15) is 9.90 Å². The molecule has 0 spiro atoms. The van der Waals surface area contributed by atoms with Crippen molar-refractivity contribution < 1.29 is 9.90 Å². The molecule has 1 atom stereocenters. The van der Waals surface area contributed by atoms with Crippen molar-refractivity contribution >= 4 is 5.91 Å². The van der Waals surface area contributed by atoms with Crippen LogP contribution in [0.25, 0.3) is 0 Å². The summed E-state index contributed by atoms with van der Waals surface area (Å²) >= 11 is 0. The summed E-state index contributed by atoms with van der Waals surface area (Å²) in [4.78, 5) is 14.1. The van der Waals surface area contributed by atoms with Crippen LogP contribution in [0.2, 0.25) is 0 Å². The fourth-order valence-corrected chi connectivity index (χ4v) is 0.974. The zero-order valence-electron chi connectivity index (χ0n) is 6.24. The zero-order valence-corrected chi connectivity index (χ0v) is 6.24. The molecule has 0 aromatic carbocycles. The third-order valence-corrected chi connectivity index (χ3v) is 1.72. The molecule has 0 radical (unpaired) electrons. The number of aliphatic hydroxyl groups is 1. The Morgan fingerprint density at radius 3 is 2.70 bits per heavy atom. The maximum atomic E-state index is 10.9. The van der Waals surface area contributed by atoms with E-state index in [0.29, 0.717) is 13.1 Å². The number of amides is 1. The van der Waals surface area contributed by atoms with Crippen LogP contribution >= 0.6 is 0 Å². The third kappa shape index (κ3) is 1.27. The first-order valence-corrected chi connectivity index (χ1v) is 3.23. The van der Waals surface area contributed by atoms with Crippen LogP contribution in [0.1, 0.15) is 0 Å². The lowest BCUT2D eigenvalue weighted by Crippen LogP contribution is -2.53. The van der Waals surface area contributed by atoms with Gasteiger partial charge in [-0.25, -0.2) is 0 Å². The van der Waals surface area contributed by atoms with E-state index < -0.39 is 6.23 Å². The standard InChI is InChI=1S/C6H12N2O2/c1-7-3-5(9)8(2)6(10)4-7/h5,9H,3-4H2,1-2H3. The lowest BCUT2D eigenvalue weighted by molar-refractivity contribution is -0.147. The van der Waals surface area contributed by atoms with Crippen LogP contribution in [0.3, 0.4) is 0 Å². The third-order valence-electron chi connectivity index (χ3n) is 1.72. The van der Waals surface area contributed by atoms with E-state index in [0.717, 1.165) is 0 Å². The van der Waals surface area contributed by atoms with Gasteiger partial charge in [0.25, 0.3) is 0 Å². The molecule has 0 aromatic heterocycles. The Kier molecular flexibility index (Phi) is 1.92. The van der Waals surface area contributed by atoms with E-state index >= 15 is 0 Å². The first-order chi connectivity index (χ1) is 4.61. The number of carbonyl (C=O) groups is 1. The number of rotatable bonds is 0. The van der Waals surface area contributed by atoms with Crippen LogP contribution in [0.4, 0.5) is 0 Å². The molecule has 58 valence electrons. The van der Waals surface area contributed by atoms with Crippen molar-refractivity contribution in [1.29, 1.82) is 0 Å². The zero-order chi connectivity index (χ0) is 7.72. The predicted octanol–water partition coefficient (Wildman–Crippen LogP) is -1.29. The van der Waals surface area contributed by atoms with Gasteiger partial charge in [-0.1, -0.05) is 0 Å². The van der Waals surface area contributed by atoms with Gasteiger partial charge < -0.3 is 10.0 Å². The predicted molar refractivity (Wildman–Crippen MR) is 36.3 cm³/mol. The minimum absolute atomic E-state index is 0.0266. The lowest BCUT2D eigenvalue weighted by Gasteiger charge is -2.33. The molecule has 1 N–H and O–H groups in total. The number of nitrogens with zero attached hydrogens (tertiary/aromatic N) is 2. The number of likely N-dealkylation sites (N-methyl/N-ethyl adjacent to an activating group) is 2. The minimum atomic E-state index is -0.633. The minimum Gasteiger partial charge on any atom is -0.372 e. The van der Waals surface area contributed by atoms with Gasteiger partial charge in [0.2, 0.25) is 5.91 Å². The smallest absolute Gasteiger partial charge is 0.238 e. The number of carbonyl (C=O) groups excluding carboxylic acids is 1. The number of aliphatic hydroxyl groups excluding tert-OH is 1. The van der Waals surface area contributed by atoms with Crippen LogP contribution in [0.15, 0.2) is 0 Å². The SMILES string of the molecule is CN1CC(=O)N(C)C(O)C1. The van der Waals surface area contributed by atoms with Gasteiger partial charge in [0.05, 0.1) is 6.54 Å². The molecule has 4 nitrogen and oxygen atoms in total. The van der Waals surface area contributed by atoms with Crippen molar-refractivity contribution in [2.45, 2.75) is 6.23 Å². The summed E-state index contributed by atoms with van der Waals surface area (Å²) < 4.78 is 0. The molecule has 0 bridgehead atoms. The van der Waals surface area contributed by atoms with Crippen molar-refractivity contribution in [2.75, 3.05) is 27.2 Å². The van der Waals surface area contributed by atoms with Crippen LogP contribution in [0.5, 0.6) is 0 Å². The van der Waals surface area contributed by atoms with Gasteiger partial charge in [0, 0.05) is 13.6 Å². The summed E-state index contributed by atoms with van der Waals surface area (Å²) in [6.07, 6.45) is -0.633. The van der Waals surface area contributed by atoms with Gasteiger partial charge in [-0.2, -0.15) is 0 Å². The van der Waals surface area contributed by atoms with Crippen LogP contribution < -0.4 is 0 Å². The topological polar surface area (TPSA) is 43.8 Å². The molecule has 1 unspecified atom stereocenters. The second kappa shape index (κ2) is 2.56. The van der Waals surface area contributed by atoms with Crippen LogP contribution in [-0.2, 0) is 4.79 Å². The lowest BCUT2D eigenvalue weighted by atomic mass is 10.3. The van der Waals surface area contributed by atoms with E-state index in [2.05, 4.69) is 0 Å². The average molecular weight is 144 g/mol. The second-order valence-corrected chi connectivity index (χ2v) is 2.68. The Labute approximate surface area is 60.0 Å². The maximum absolute atomic E-state index is 10.9. The second-order valence-electron chi connectivity index (χ2n) is 2.68. The Hall–Kier alpha value is -0.610. The fourth-order valence-electron chi connectivity index (χ4n) is 0.974. The van der Waals surface area contributed by atoms with Gasteiger partial charge in [-0.3, -0.25) is 9.69 Å². The summed E-state index contributed by atoms with van der Waals surface area (Å²) in [5.41, 5.74) is 0. The normalized spacial score (nSPS) is 29.3. The summed E-state index contributed by atoms with van der Waals surface area (Å²) in [6, 6.07) is 0. The van der Waals surface area contributed by atoms with E-state index in [1.165, 1.54) is 4.90 Å². The highest BCUT2D eigenvalue weighted by Crippen LogP contribution is 2.03. The maximum Gasteiger partial charge on any atom is 0.238 e. The van der Waals surface area contributed by atoms with E-state index in [1.54, 1.807) is 11.9 Å². The Bertz CT molecular complexity index is 149. The summed E-state index contributed by atoms with van der Waals surface area (Å²) in [5, 5.41) is 9.18. The molecule has 1 saturated heterocycles. The highest BCUT2D eigenvalue weighted by Gasteiger charge is 2.25. The summed E-state index contributed by atoms with van der Waals surface area (Å²) in [7, 11) is 3.42. The molecule has 10 heavy (non-hydrogen) atoms. The molecule has 4 heteroatoms. The molecule has 1 amide bonds. The molecule has 1 aliphatic heterocycles. The van der Waals surface area contributed by atoms with Gasteiger partial charge in [0.1, 0.15) is 6.23 Å². The highest BCUT2D eigenvalue weighted by atomic mass is 16.3. The Morgan fingerprint density at radius 1 is 1.60 bits per heavy atom. The van der Waals surface area contributed by atoms with Gasteiger partial charge >= 0.3 is 0 Å². The van der Waals surface area contributed by atoms with Gasteiger partial charge in [-0.15, -0.1) is 0 Å². The molecule has 0 aromatic rings. The largest absolute Gasteiger partial charge is 0.372 e.